The van der Waals surface area contributed by atoms with E-state index in [9.17, 15) is 4.79 Å². The number of hydrogen-bond acceptors (Lipinski definition) is 3. The number of rotatable bonds is 3. The predicted molar refractivity (Wildman–Crippen MR) is 95.8 cm³/mol. The third kappa shape index (κ3) is 3.09. The molecule has 1 saturated heterocycles. The number of carbonyl (C=O) groups is 1. The van der Waals surface area contributed by atoms with Crippen molar-refractivity contribution in [3.63, 3.8) is 0 Å². The SMILES string of the molecule is Cc1ccc(-c2nn(-c3ccccc3)cc2C(=O)N2CCCCC2)o1. The van der Waals surface area contributed by atoms with Crippen LogP contribution in [0.15, 0.2) is 53.1 Å². The van der Waals surface area contributed by atoms with Crippen molar-refractivity contribution in [2.24, 2.45) is 0 Å². The van der Waals surface area contributed by atoms with Gasteiger partial charge < -0.3 is 9.32 Å². The van der Waals surface area contributed by atoms with Crippen molar-refractivity contribution in [1.82, 2.24) is 14.7 Å². The van der Waals surface area contributed by atoms with Crippen LogP contribution in [0.25, 0.3) is 17.1 Å². The second-order valence-electron chi connectivity index (χ2n) is 6.43. The Hall–Kier alpha value is -2.82. The Balaban J connectivity index is 1.78. The molecule has 128 valence electrons. The summed E-state index contributed by atoms with van der Waals surface area (Å²) in [7, 11) is 0. The van der Waals surface area contributed by atoms with E-state index in [4.69, 9.17) is 4.42 Å². The molecule has 25 heavy (non-hydrogen) atoms. The second kappa shape index (κ2) is 6.59. The zero-order valence-corrected chi connectivity index (χ0v) is 14.3. The van der Waals surface area contributed by atoms with Crippen LogP contribution in [0.4, 0.5) is 0 Å². The highest BCUT2D eigenvalue weighted by molar-refractivity contribution is 5.99. The van der Waals surface area contributed by atoms with Crippen molar-refractivity contribution in [1.29, 1.82) is 0 Å². The molecule has 0 unspecified atom stereocenters. The van der Waals surface area contributed by atoms with Gasteiger partial charge in [0.25, 0.3) is 5.91 Å². The van der Waals surface area contributed by atoms with Crippen LogP contribution in [0.5, 0.6) is 0 Å². The van der Waals surface area contributed by atoms with Gasteiger partial charge in [-0.1, -0.05) is 18.2 Å². The molecule has 1 fully saturated rings. The molecule has 0 N–H and O–H groups in total. The number of piperidine rings is 1. The average molecular weight is 335 g/mol. The first-order valence-electron chi connectivity index (χ1n) is 8.73. The van der Waals surface area contributed by atoms with Crippen LogP contribution in [0, 0.1) is 6.92 Å². The van der Waals surface area contributed by atoms with Crippen molar-refractivity contribution >= 4 is 5.91 Å². The Labute approximate surface area is 146 Å². The minimum atomic E-state index is 0.0333. The molecule has 1 aromatic carbocycles. The van der Waals surface area contributed by atoms with Crippen molar-refractivity contribution in [3.05, 3.63) is 60.0 Å². The molecule has 5 heteroatoms. The highest BCUT2D eigenvalue weighted by Gasteiger charge is 2.25. The molecule has 3 heterocycles. The number of aryl methyl sites for hydroxylation is 1. The predicted octanol–water partition coefficient (Wildman–Crippen LogP) is 4.07. The van der Waals surface area contributed by atoms with E-state index in [1.165, 1.54) is 6.42 Å². The molecule has 0 bridgehead atoms. The maximum Gasteiger partial charge on any atom is 0.257 e. The van der Waals surface area contributed by atoms with Crippen LogP contribution in [-0.2, 0) is 0 Å². The Morgan fingerprint density at radius 3 is 2.48 bits per heavy atom. The third-order valence-corrected chi connectivity index (χ3v) is 4.58. The second-order valence-corrected chi connectivity index (χ2v) is 6.43. The van der Waals surface area contributed by atoms with E-state index in [2.05, 4.69) is 5.10 Å². The first-order chi connectivity index (χ1) is 12.2. The minimum Gasteiger partial charge on any atom is -0.460 e. The quantitative estimate of drug-likeness (QED) is 0.725. The van der Waals surface area contributed by atoms with Crippen LogP contribution >= 0.6 is 0 Å². The van der Waals surface area contributed by atoms with Gasteiger partial charge in [0.1, 0.15) is 11.5 Å². The fourth-order valence-corrected chi connectivity index (χ4v) is 3.25. The fourth-order valence-electron chi connectivity index (χ4n) is 3.25. The molecule has 0 spiro atoms. The first kappa shape index (κ1) is 15.7. The number of benzene rings is 1. The Bertz CT molecular complexity index is 873. The van der Waals surface area contributed by atoms with Gasteiger partial charge in [-0.25, -0.2) is 4.68 Å². The molecule has 0 radical (unpaired) electrons. The number of furan rings is 1. The van der Waals surface area contributed by atoms with Crippen molar-refractivity contribution < 1.29 is 9.21 Å². The number of para-hydroxylation sites is 1. The number of likely N-dealkylation sites (tertiary alicyclic amines) is 1. The van der Waals surface area contributed by atoms with Gasteiger partial charge in [0, 0.05) is 19.3 Å². The number of amides is 1. The lowest BCUT2D eigenvalue weighted by Gasteiger charge is -2.26. The maximum atomic E-state index is 13.1. The summed E-state index contributed by atoms with van der Waals surface area (Å²) in [5.41, 5.74) is 2.12. The summed E-state index contributed by atoms with van der Waals surface area (Å²) < 4.78 is 7.50. The number of hydrogen-bond donors (Lipinski definition) is 0. The van der Waals surface area contributed by atoms with Gasteiger partial charge in [-0.05, 0) is 50.5 Å². The molecular formula is C20H21N3O2. The molecule has 4 rings (SSSR count). The molecular weight excluding hydrogens is 314 g/mol. The topological polar surface area (TPSA) is 51.3 Å². The lowest BCUT2D eigenvalue weighted by Crippen LogP contribution is -2.35. The van der Waals surface area contributed by atoms with Gasteiger partial charge in [-0.3, -0.25) is 4.79 Å². The van der Waals surface area contributed by atoms with Gasteiger partial charge in [-0.15, -0.1) is 0 Å². The van der Waals surface area contributed by atoms with E-state index in [0.717, 1.165) is 37.4 Å². The number of nitrogens with zero attached hydrogens (tertiary/aromatic N) is 3. The van der Waals surface area contributed by atoms with Crippen molar-refractivity contribution in [2.75, 3.05) is 13.1 Å². The lowest BCUT2D eigenvalue weighted by molar-refractivity contribution is 0.0725. The summed E-state index contributed by atoms with van der Waals surface area (Å²) in [5.74, 6) is 1.47. The van der Waals surface area contributed by atoms with Crippen LogP contribution in [0.1, 0.15) is 35.4 Å². The largest absolute Gasteiger partial charge is 0.460 e. The van der Waals surface area contributed by atoms with Crippen LogP contribution < -0.4 is 0 Å². The third-order valence-electron chi connectivity index (χ3n) is 4.58. The summed E-state index contributed by atoms with van der Waals surface area (Å²) in [6.45, 7) is 3.52. The number of aromatic nitrogens is 2. The lowest BCUT2D eigenvalue weighted by atomic mass is 10.1. The van der Waals surface area contributed by atoms with Gasteiger partial charge in [-0.2, -0.15) is 5.10 Å². The molecule has 0 atom stereocenters. The molecule has 0 aliphatic carbocycles. The highest BCUT2D eigenvalue weighted by Crippen LogP contribution is 2.27. The van der Waals surface area contributed by atoms with E-state index in [-0.39, 0.29) is 5.91 Å². The fraction of sp³-hybridized carbons (Fsp3) is 0.300. The Morgan fingerprint density at radius 2 is 1.80 bits per heavy atom. The van der Waals surface area contributed by atoms with Crippen LogP contribution in [-0.4, -0.2) is 33.7 Å². The summed E-state index contributed by atoms with van der Waals surface area (Å²) in [4.78, 5) is 15.0. The summed E-state index contributed by atoms with van der Waals surface area (Å²) in [6.07, 6.45) is 5.14. The highest BCUT2D eigenvalue weighted by atomic mass is 16.3. The van der Waals surface area contributed by atoms with Gasteiger partial charge in [0.15, 0.2) is 5.76 Å². The molecule has 1 aliphatic rings. The van der Waals surface area contributed by atoms with Crippen molar-refractivity contribution in [2.45, 2.75) is 26.2 Å². The summed E-state index contributed by atoms with van der Waals surface area (Å²) >= 11 is 0. The van der Waals surface area contributed by atoms with Gasteiger partial charge in [0.05, 0.1) is 11.3 Å². The molecule has 0 saturated carbocycles. The summed E-state index contributed by atoms with van der Waals surface area (Å²) in [5, 5.41) is 4.66. The van der Waals surface area contributed by atoms with Crippen LogP contribution in [0.3, 0.4) is 0 Å². The Kier molecular flexibility index (Phi) is 4.14. The number of carbonyl (C=O) groups excluding carboxylic acids is 1. The molecule has 3 aromatic rings. The smallest absolute Gasteiger partial charge is 0.257 e. The van der Waals surface area contributed by atoms with Gasteiger partial charge in [0.2, 0.25) is 0 Å². The van der Waals surface area contributed by atoms with E-state index >= 15 is 0 Å². The molecule has 2 aromatic heterocycles. The zero-order chi connectivity index (χ0) is 17.2. The maximum absolute atomic E-state index is 13.1. The molecule has 1 amide bonds. The van der Waals surface area contributed by atoms with E-state index < -0.39 is 0 Å². The van der Waals surface area contributed by atoms with Crippen molar-refractivity contribution in [3.8, 4) is 17.1 Å². The van der Waals surface area contributed by atoms with Crippen LogP contribution in [0.2, 0.25) is 0 Å². The zero-order valence-electron chi connectivity index (χ0n) is 14.3. The minimum absolute atomic E-state index is 0.0333. The monoisotopic (exact) mass is 335 g/mol. The first-order valence-corrected chi connectivity index (χ1v) is 8.73. The standard InChI is InChI=1S/C20H21N3O2/c1-15-10-11-18(25-15)19-17(20(24)22-12-6-3-7-13-22)14-23(21-19)16-8-4-2-5-9-16/h2,4-5,8-11,14H,3,6-7,12-13H2,1H3. The molecule has 1 aliphatic heterocycles. The van der Waals surface area contributed by atoms with E-state index in [1.807, 2.05) is 60.5 Å². The molecule has 5 nitrogen and oxygen atoms in total. The van der Waals surface area contributed by atoms with Gasteiger partial charge >= 0.3 is 0 Å². The normalized spacial score (nSPS) is 14.7. The van der Waals surface area contributed by atoms with E-state index in [1.54, 1.807) is 4.68 Å². The van der Waals surface area contributed by atoms with E-state index in [0.29, 0.717) is 17.0 Å². The summed E-state index contributed by atoms with van der Waals surface area (Å²) in [6, 6.07) is 13.6. The average Bonchev–Trinajstić information content (AvgIpc) is 3.29. The Morgan fingerprint density at radius 1 is 1.04 bits per heavy atom.